The molecule has 13 heavy (non-hydrogen) atoms. The number of aliphatic hydroxyl groups is 1. The molecule has 3 nitrogen and oxygen atoms in total. The topological polar surface area (TPSA) is 47.3 Å². The number of hydrogen-bond acceptors (Lipinski definition) is 3. The first-order valence-corrected chi connectivity index (χ1v) is 4.98. The number of aliphatic hydroxyl groups excluding tert-OH is 1. The van der Waals surface area contributed by atoms with Crippen LogP contribution in [0, 0.1) is 11.3 Å². The molecule has 0 fully saturated rings. The quantitative estimate of drug-likeness (QED) is 0.650. The van der Waals surface area contributed by atoms with E-state index in [0.717, 1.165) is 19.4 Å². The van der Waals surface area contributed by atoms with Gasteiger partial charge in [-0.15, -0.1) is 0 Å². The summed E-state index contributed by atoms with van der Waals surface area (Å²) < 4.78 is 0. The molecule has 0 aromatic carbocycles. The number of nitrogens with zero attached hydrogens (tertiary/aromatic N) is 2. The first-order chi connectivity index (χ1) is 6.26. The summed E-state index contributed by atoms with van der Waals surface area (Å²) in [5.74, 6) is 0. The molecule has 0 spiro atoms. The van der Waals surface area contributed by atoms with Gasteiger partial charge in [0.25, 0.3) is 0 Å². The summed E-state index contributed by atoms with van der Waals surface area (Å²) in [4.78, 5) is 2.17. The summed E-state index contributed by atoms with van der Waals surface area (Å²) in [5.41, 5.74) is 0. The van der Waals surface area contributed by atoms with Crippen LogP contribution in [0.4, 0.5) is 0 Å². The van der Waals surface area contributed by atoms with Crippen molar-refractivity contribution in [3.63, 3.8) is 0 Å². The van der Waals surface area contributed by atoms with Gasteiger partial charge in [0.05, 0.1) is 19.1 Å². The minimum absolute atomic E-state index is 0.180. The van der Waals surface area contributed by atoms with Crippen molar-refractivity contribution in [1.82, 2.24) is 4.90 Å². The molecule has 76 valence electrons. The van der Waals surface area contributed by atoms with Gasteiger partial charge in [0.15, 0.2) is 0 Å². The fourth-order valence-corrected chi connectivity index (χ4v) is 1.30. The van der Waals surface area contributed by atoms with E-state index in [1.165, 1.54) is 0 Å². The van der Waals surface area contributed by atoms with Crippen LogP contribution in [-0.2, 0) is 0 Å². The molecule has 0 aliphatic carbocycles. The van der Waals surface area contributed by atoms with Gasteiger partial charge in [0, 0.05) is 12.6 Å². The number of nitriles is 1. The summed E-state index contributed by atoms with van der Waals surface area (Å²) in [6.07, 6.45) is 2.83. The van der Waals surface area contributed by atoms with Crippen LogP contribution in [0.3, 0.4) is 0 Å². The van der Waals surface area contributed by atoms with Crippen molar-refractivity contribution < 1.29 is 5.11 Å². The normalized spacial score (nSPS) is 12.8. The molecule has 0 aliphatic heterocycles. The molecule has 0 heterocycles. The van der Waals surface area contributed by atoms with Crippen LogP contribution < -0.4 is 0 Å². The van der Waals surface area contributed by atoms with Crippen LogP contribution in [0.2, 0.25) is 0 Å². The van der Waals surface area contributed by atoms with Crippen molar-refractivity contribution >= 4 is 0 Å². The standard InChI is InChI=1S/C10H20N2O/c1-3-4-7-12(8-9-13)10(2)5-6-11/h10,13H,3-5,7-9H2,1-2H3. The fourth-order valence-electron chi connectivity index (χ4n) is 1.30. The Bertz CT molecular complexity index is 153. The molecule has 0 saturated carbocycles. The second kappa shape index (κ2) is 8.03. The highest BCUT2D eigenvalue weighted by Gasteiger charge is 2.11. The van der Waals surface area contributed by atoms with Crippen molar-refractivity contribution in [3.8, 4) is 6.07 Å². The highest BCUT2D eigenvalue weighted by molar-refractivity contribution is 4.79. The average Bonchev–Trinajstić information content (AvgIpc) is 2.12. The number of unbranched alkanes of at least 4 members (excludes halogenated alkanes) is 1. The molecule has 0 rings (SSSR count). The van der Waals surface area contributed by atoms with Crippen molar-refractivity contribution in [3.05, 3.63) is 0 Å². The summed E-state index contributed by atoms with van der Waals surface area (Å²) in [5, 5.41) is 17.4. The second-order valence-corrected chi connectivity index (χ2v) is 3.32. The maximum Gasteiger partial charge on any atom is 0.0638 e. The van der Waals surface area contributed by atoms with E-state index in [1.54, 1.807) is 0 Å². The van der Waals surface area contributed by atoms with Crippen molar-refractivity contribution in [2.45, 2.75) is 39.2 Å². The third-order valence-corrected chi connectivity index (χ3v) is 2.20. The monoisotopic (exact) mass is 184 g/mol. The van der Waals surface area contributed by atoms with E-state index in [-0.39, 0.29) is 12.6 Å². The van der Waals surface area contributed by atoms with Crippen LogP contribution in [0.15, 0.2) is 0 Å². The summed E-state index contributed by atoms with van der Waals surface area (Å²) >= 11 is 0. The lowest BCUT2D eigenvalue weighted by atomic mass is 10.2. The predicted octanol–water partition coefficient (Wildman–Crippen LogP) is 1.38. The Balaban J connectivity index is 3.84. The van der Waals surface area contributed by atoms with Gasteiger partial charge in [-0.05, 0) is 19.9 Å². The summed E-state index contributed by atoms with van der Waals surface area (Å²) in [6.45, 7) is 6.03. The smallest absolute Gasteiger partial charge is 0.0638 e. The molecule has 0 bridgehead atoms. The van der Waals surface area contributed by atoms with Crippen LogP contribution in [0.25, 0.3) is 0 Å². The third kappa shape index (κ3) is 5.62. The van der Waals surface area contributed by atoms with Crippen LogP contribution in [0.1, 0.15) is 33.1 Å². The number of rotatable bonds is 7. The molecular formula is C10H20N2O. The van der Waals surface area contributed by atoms with Gasteiger partial charge in [0.2, 0.25) is 0 Å². The Morgan fingerprint density at radius 1 is 1.46 bits per heavy atom. The maximum absolute atomic E-state index is 8.83. The van der Waals surface area contributed by atoms with Gasteiger partial charge in [-0.2, -0.15) is 5.26 Å². The van der Waals surface area contributed by atoms with E-state index in [1.807, 2.05) is 6.92 Å². The lowest BCUT2D eigenvalue weighted by molar-refractivity contribution is 0.157. The minimum atomic E-state index is 0.180. The Morgan fingerprint density at radius 2 is 2.15 bits per heavy atom. The molecule has 0 aromatic rings. The van der Waals surface area contributed by atoms with Crippen molar-refractivity contribution in [1.29, 1.82) is 5.26 Å². The van der Waals surface area contributed by atoms with E-state index in [0.29, 0.717) is 13.0 Å². The van der Waals surface area contributed by atoms with Gasteiger partial charge in [-0.25, -0.2) is 0 Å². The van der Waals surface area contributed by atoms with Gasteiger partial charge in [-0.3, -0.25) is 4.90 Å². The van der Waals surface area contributed by atoms with Gasteiger partial charge >= 0.3 is 0 Å². The third-order valence-electron chi connectivity index (χ3n) is 2.20. The lowest BCUT2D eigenvalue weighted by Crippen LogP contribution is -2.36. The molecule has 0 amide bonds. The molecule has 0 radical (unpaired) electrons. The molecule has 3 heteroatoms. The molecule has 0 saturated heterocycles. The highest BCUT2D eigenvalue weighted by Crippen LogP contribution is 2.04. The van der Waals surface area contributed by atoms with Crippen LogP contribution in [-0.4, -0.2) is 35.7 Å². The van der Waals surface area contributed by atoms with Crippen molar-refractivity contribution in [2.75, 3.05) is 19.7 Å². The van der Waals surface area contributed by atoms with E-state index in [4.69, 9.17) is 10.4 Å². The Hall–Kier alpha value is -0.590. The Labute approximate surface area is 81.0 Å². The molecular weight excluding hydrogens is 164 g/mol. The molecule has 0 aliphatic rings. The van der Waals surface area contributed by atoms with Gasteiger partial charge < -0.3 is 5.11 Å². The molecule has 1 atom stereocenters. The first-order valence-electron chi connectivity index (χ1n) is 4.98. The van der Waals surface area contributed by atoms with Crippen LogP contribution in [0.5, 0.6) is 0 Å². The fraction of sp³-hybridized carbons (Fsp3) is 0.900. The molecule has 0 aromatic heterocycles. The summed E-state index contributed by atoms with van der Waals surface area (Å²) in [7, 11) is 0. The molecule has 1 unspecified atom stereocenters. The Kier molecular flexibility index (Phi) is 7.66. The predicted molar refractivity (Wildman–Crippen MR) is 53.3 cm³/mol. The second-order valence-electron chi connectivity index (χ2n) is 3.32. The SMILES string of the molecule is CCCCN(CCO)C(C)CC#N. The zero-order valence-corrected chi connectivity index (χ0v) is 8.66. The van der Waals surface area contributed by atoms with Crippen molar-refractivity contribution in [2.24, 2.45) is 0 Å². The molecule has 1 N–H and O–H groups in total. The zero-order chi connectivity index (χ0) is 10.1. The maximum atomic E-state index is 8.83. The number of hydrogen-bond donors (Lipinski definition) is 1. The summed E-state index contributed by atoms with van der Waals surface area (Å²) in [6, 6.07) is 2.43. The van der Waals surface area contributed by atoms with Gasteiger partial charge in [-0.1, -0.05) is 13.3 Å². The van der Waals surface area contributed by atoms with E-state index >= 15 is 0 Å². The van der Waals surface area contributed by atoms with Crippen LogP contribution >= 0.6 is 0 Å². The first kappa shape index (κ1) is 12.4. The largest absolute Gasteiger partial charge is 0.395 e. The van der Waals surface area contributed by atoms with Gasteiger partial charge in [0.1, 0.15) is 0 Å². The lowest BCUT2D eigenvalue weighted by Gasteiger charge is -2.26. The van der Waals surface area contributed by atoms with E-state index in [9.17, 15) is 0 Å². The van der Waals surface area contributed by atoms with E-state index < -0.39 is 0 Å². The minimum Gasteiger partial charge on any atom is -0.395 e. The zero-order valence-electron chi connectivity index (χ0n) is 8.66. The Morgan fingerprint density at radius 3 is 2.62 bits per heavy atom. The highest BCUT2D eigenvalue weighted by atomic mass is 16.3. The van der Waals surface area contributed by atoms with E-state index in [2.05, 4.69) is 17.9 Å². The average molecular weight is 184 g/mol.